The molecular formula is C4H14N4O6. The highest BCUT2D eigenvalue weighted by molar-refractivity contribution is 4.38. The van der Waals surface area contributed by atoms with Gasteiger partial charge in [-0.3, -0.25) is 0 Å². The Morgan fingerprint density at radius 3 is 1.43 bits per heavy atom. The van der Waals surface area contributed by atoms with Crippen molar-refractivity contribution in [2.24, 2.45) is 5.73 Å². The van der Waals surface area contributed by atoms with E-state index < -0.39 is 10.2 Å². The summed E-state index contributed by atoms with van der Waals surface area (Å²) in [5.41, 5.74) is 5.19. The second kappa shape index (κ2) is 13.9. The minimum atomic E-state index is -1.50. The molecule has 0 aromatic carbocycles. The minimum Gasteiger partial charge on any atom is -0.329 e. The maximum atomic E-state index is 8.36. The van der Waals surface area contributed by atoms with Gasteiger partial charge in [-0.15, -0.1) is 20.2 Å². The van der Waals surface area contributed by atoms with Crippen LogP contribution in [-0.4, -0.2) is 52.7 Å². The number of hydrogen-bond donors (Lipinski definition) is 3. The van der Waals surface area contributed by atoms with Gasteiger partial charge in [-0.1, -0.05) is 0 Å². The molecule has 14 heavy (non-hydrogen) atoms. The first kappa shape index (κ1) is 18.2. The molecule has 0 bridgehead atoms. The van der Waals surface area contributed by atoms with Crippen LogP contribution in [0.3, 0.4) is 0 Å². The molecule has 0 atom stereocenters. The lowest BCUT2D eigenvalue weighted by Gasteiger charge is -2.03. The normalized spacial score (nSPS) is 7.71. The van der Waals surface area contributed by atoms with Crippen molar-refractivity contribution in [1.82, 2.24) is 4.90 Å². The molecule has 0 unspecified atom stereocenters. The smallest absolute Gasteiger partial charge is 0.291 e. The molecule has 0 spiro atoms. The van der Waals surface area contributed by atoms with Crippen molar-refractivity contribution in [2.75, 3.05) is 27.2 Å². The highest BCUT2D eigenvalue weighted by Crippen LogP contribution is 1.64. The molecule has 0 aromatic rings. The molecule has 10 heteroatoms. The highest BCUT2D eigenvalue weighted by Gasteiger charge is 1.79. The minimum absolute atomic E-state index is 0.757. The van der Waals surface area contributed by atoms with Crippen LogP contribution in [0.4, 0.5) is 0 Å². The van der Waals surface area contributed by atoms with Gasteiger partial charge in [0, 0.05) is 13.1 Å². The zero-order chi connectivity index (χ0) is 12.1. The third-order valence-electron chi connectivity index (χ3n) is 0.576. The van der Waals surface area contributed by atoms with Crippen LogP contribution in [0.1, 0.15) is 0 Å². The van der Waals surface area contributed by atoms with Crippen molar-refractivity contribution in [1.29, 1.82) is 0 Å². The van der Waals surface area contributed by atoms with Crippen molar-refractivity contribution < 1.29 is 20.6 Å². The lowest BCUT2D eigenvalue weighted by atomic mass is 10.6. The van der Waals surface area contributed by atoms with E-state index in [1.807, 2.05) is 14.1 Å². The zero-order valence-electron chi connectivity index (χ0n) is 7.86. The summed E-state index contributed by atoms with van der Waals surface area (Å²) in [7, 11) is 4.01. The molecular weight excluding hydrogens is 200 g/mol. The Hall–Kier alpha value is -1.68. The quantitative estimate of drug-likeness (QED) is 0.382. The Morgan fingerprint density at radius 1 is 1.21 bits per heavy atom. The Bertz CT molecular complexity index is 131. The first-order chi connectivity index (χ1) is 6.23. The molecule has 0 radical (unpaired) electrons. The molecule has 86 valence electrons. The lowest BCUT2D eigenvalue weighted by Crippen LogP contribution is -2.20. The molecule has 0 amide bonds. The van der Waals surface area contributed by atoms with E-state index in [4.69, 9.17) is 36.4 Å². The van der Waals surface area contributed by atoms with Crippen molar-refractivity contribution in [3.63, 3.8) is 0 Å². The second-order valence-electron chi connectivity index (χ2n) is 2.07. The average Bonchev–Trinajstić information content (AvgIpc) is 1.82. The number of hydrogen-bond acceptors (Lipinski definition) is 6. The van der Waals surface area contributed by atoms with Crippen LogP contribution in [-0.2, 0) is 0 Å². The second-order valence-corrected chi connectivity index (χ2v) is 2.07. The average molecular weight is 214 g/mol. The van der Waals surface area contributed by atoms with Gasteiger partial charge in [0.2, 0.25) is 0 Å². The Morgan fingerprint density at radius 2 is 1.43 bits per heavy atom. The van der Waals surface area contributed by atoms with Crippen molar-refractivity contribution >= 4 is 0 Å². The van der Waals surface area contributed by atoms with E-state index in [0.29, 0.717) is 0 Å². The van der Waals surface area contributed by atoms with E-state index in [9.17, 15) is 0 Å². The summed E-state index contributed by atoms with van der Waals surface area (Å²) in [6.07, 6.45) is 0. The molecule has 0 rings (SSSR count). The summed E-state index contributed by atoms with van der Waals surface area (Å²) in [6, 6.07) is 0. The van der Waals surface area contributed by atoms with Crippen LogP contribution in [0.5, 0.6) is 0 Å². The molecule has 4 N–H and O–H groups in total. The van der Waals surface area contributed by atoms with E-state index in [2.05, 4.69) is 4.90 Å². The van der Waals surface area contributed by atoms with Gasteiger partial charge in [0.05, 0.1) is 0 Å². The Balaban J connectivity index is -0.000000135. The first-order valence-corrected chi connectivity index (χ1v) is 3.25. The molecule has 0 aromatic heterocycles. The summed E-state index contributed by atoms with van der Waals surface area (Å²) in [5, 5.41) is 27.3. The summed E-state index contributed by atoms with van der Waals surface area (Å²) in [5.74, 6) is 0. The van der Waals surface area contributed by atoms with Crippen molar-refractivity contribution in [3.05, 3.63) is 20.2 Å². The standard InChI is InChI=1S/C4H12N2.2HNO3/c1-6(2)4-3-5;2*2-1(3)4/h3-5H2,1-2H3;2*(H,2,3,4). The van der Waals surface area contributed by atoms with Crippen LogP contribution in [0.15, 0.2) is 0 Å². The van der Waals surface area contributed by atoms with Crippen LogP contribution in [0, 0.1) is 20.2 Å². The van der Waals surface area contributed by atoms with E-state index in [0.717, 1.165) is 13.1 Å². The van der Waals surface area contributed by atoms with E-state index in [-0.39, 0.29) is 0 Å². The highest BCUT2D eigenvalue weighted by atomic mass is 16.9. The zero-order valence-corrected chi connectivity index (χ0v) is 7.86. The predicted octanol–water partition coefficient (Wildman–Crippen LogP) is -1.19. The molecule has 0 aliphatic carbocycles. The largest absolute Gasteiger partial charge is 0.329 e. The van der Waals surface area contributed by atoms with E-state index >= 15 is 0 Å². The van der Waals surface area contributed by atoms with Gasteiger partial charge in [-0.2, -0.15) is 0 Å². The van der Waals surface area contributed by atoms with Crippen molar-refractivity contribution in [3.8, 4) is 0 Å². The number of nitrogens with two attached hydrogens (primary N) is 1. The van der Waals surface area contributed by atoms with Crippen LogP contribution >= 0.6 is 0 Å². The first-order valence-electron chi connectivity index (χ1n) is 3.25. The summed E-state index contributed by atoms with van der Waals surface area (Å²) >= 11 is 0. The van der Waals surface area contributed by atoms with Crippen LogP contribution in [0.2, 0.25) is 0 Å². The fraction of sp³-hybridized carbons (Fsp3) is 1.00. The summed E-state index contributed by atoms with van der Waals surface area (Å²) in [6.45, 7) is 1.74. The third kappa shape index (κ3) is 514. The molecule has 0 saturated heterocycles. The molecule has 0 aliphatic heterocycles. The van der Waals surface area contributed by atoms with Crippen LogP contribution in [0.25, 0.3) is 0 Å². The molecule has 0 aliphatic rings. The van der Waals surface area contributed by atoms with Crippen LogP contribution < -0.4 is 5.73 Å². The monoisotopic (exact) mass is 214 g/mol. The van der Waals surface area contributed by atoms with Gasteiger partial charge in [0.25, 0.3) is 10.2 Å². The SMILES string of the molecule is CN(C)CCN.O=[N+]([O-])O.O=[N+]([O-])O. The number of rotatable bonds is 2. The third-order valence-corrected chi connectivity index (χ3v) is 0.576. The maximum absolute atomic E-state index is 8.36. The fourth-order valence-corrected chi connectivity index (χ4v) is 0.258. The Labute approximate surface area is 79.7 Å². The van der Waals surface area contributed by atoms with E-state index in [1.54, 1.807) is 0 Å². The van der Waals surface area contributed by atoms with E-state index in [1.165, 1.54) is 0 Å². The van der Waals surface area contributed by atoms with Gasteiger partial charge in [0.15, 0.2) is 0 Å². The van der Waals surface area contributed by atoms with Gasteiger partial charge < -0.3 is 21.0 Å². The predicted molar refractivity (Wildman–Crippen MR) is 45.2 cm³/mol. The van der Waals surface area contributed by atoms with Crippen molar-refractivity contribution in [2.45, 2.75) is 0 Å². The van der Waals surface area contributed by atoms with Gasteiger partial charge in [0.1, 0.15) is 0 Å². The van der Waals surface area contributed by atoms with Gasteiger partial charge in [-0.05, 0) is 14.1 Å². The fourth-order valence-electron chi connectivity index (χ4n) is 0.258. The molecule has 10 nitrogen and oxygen atoms in total. The molecule has 0 fully saturated rings. The van der Waals surface area contributed by atoms with Gasteiger partial charge >= 0.3 is 0 Å². The topological polar surface area (TPSA) is 156 Å². The molecule has 0 heterocycles. The Kier molecular flexibility index (Phi) is 18.0. The number of likely N-dealkylation sites (N-methyl/N-ethyl adjacent to an activating group) is 1. The lowest BCUT2D eigenvalue weighted by molar-refractivity contribution is -0.742. The summed E-state index contributed by atoms with van der Waals surface area (Å²) in [4.78, 5) is 18.8. The molecule has 0 saturated carbocycles. The number of nitrogens with zero attached hydrogens (tertiary/aromatic N) is 3. The summed E-state index contributed by atoms with van der Waals surface area (Å²) < 4.78 is 0. The van der Waals surface area contributed by atoms with Gasteiger partial charge in [-0.25, -0.2) is 0 Å². The maximum Gasteiger partial charge on any atom is 0.291 e.